The van der Waals surface area contributed by atoms with Crippen molar-refractivity contribution in [2.75, 3.05) is 49.5 Å². The van der Waals surface area contributed by atoms with Crippen LogP contribution in [0.15, 0.2) is 12.4 Å². The Morgan fingerprint density at radius 3 is 2.67 bits per heavy atom. The SMILES string of the molecule is CC(C)(C)OC(=O)Nc1sc2c(F)cnc(-c3c4c(c5cnc(N6CC[C@@H](N7CCN8CCC[C@@H]8C7)C6)nc5c3F)COC4)c2c1C#N. The molecular formula is C34H36F2N8O3S. The number of anilines is 2. The Bertz CT molecular complexity index is 2010. The fourth-order valence-electron chi connectivity index (χ4n) is 7.72. The number of aromatic nitrogens is 3. The number of carbonyl (C=O) groups is 1. The molecular weight excluding hydrogens is 638 g/mol. The molecule has 1 aromatic carbocycles. The number of piperazine rings is 1. The third kappa shape index (κ3) is 5.33. The molecule has 8 rings (SSSR count). The van der Waals surface area contributed by atoms with E-state index in [1.54, 1.807) is 27.0 Å². The number of thiophene rings is 1. The van der Waals surface area contributed by atoms with Gasteiger partial charge in [0.15, 0.2) is 11.6 Å². The minimum absolute atomic E-state index is 0.0278. The van der Waals surface area contributed by atoms with Crippen LogP contribution in [0, 0.1) is 23.0 Å². The van der Waals surface area contributed by atoms with Crippen LogP contribution < -0.4 is 10.2 Å². The van der Waals surface area contributed by atoms with Crippen LogP contribution in [0.3, 0.4) is 0 Å². The maximum atomic E-state index is 17.0. The molecule has 3 fully saturated rings. The highest BCUT2D eigenvalue weighted by atomic mass is 32.1. The smallest absolute Gasteiger partial charge is 0.412 e. The number of fused-ring (bicyclic) bond motifs is 5. The van der Waals surface area contributed by atoms with E-state index in [4.69, 9.17) is 19.4 Å². The van der Waals surface area contributed by atoms with Gasteiger partial charge in [-0.15, -0.1) is 11.3 Å². The standard InChI is InChI=1S/C34H36F2N8O3S/c1-34(2,3)47-33(45)41-31-20(11-37)26-29(38-13-24(35)30(26)48-31)25-23-17-46-16-22(23)21-12-39-32(40-28(21)27(25)36)44-8-6-19(15-44)43-10-9-42-7-4-5-18(42)14-43/h12-13,18-19H,4-10,14-17H2,1-3H3,(H,41,45)/t18-,19-/m1/s1. The lowest BCUT2D eigenvalue weighted by molar-refractivity contribution is 0.0636. The maximum Gasteiger partial charge on any atom is 0.412 e. The number of carbonyl (C=O) groups excluding carboxylic acids is 1. The summed E-state index contributed by atoms with van der Waals surface area (Å²) in [6.45, 7) is 11.5. The first-order valence-corrected chi connectivity index (χ1v) is 17.2. The van der Waals surface area contributed by atoms with Crippen LogP contribution >= 0.6 is 11.3 Å². The third-order valence-corrected chi connectivity index (χ3v) is 11.0. The van der Waals surface area contributed by atoms with E-state index in [-0.39, 0.29) is 50.6 Å². The van der Waals surface area contributed by atoms with E-state index in [1.807, 2.05) is 0 Å². The van der Waals surface area contributed by atoms with Crippen LogP contribution in [0.25, 0.3) is 32.2 Å². The van der Waals surface area contributed by atoms with Crippen LogP contribution in [-0.2, 0) is 22.7 Å². The minimum atomic E-state index is -0.791. The molecule has 1 amide bonds. The monoisotopic (exact) mass is 674 g/mol. The summed E-state index contributed by atoms with van der Waals surface area (Å²) in [4.78, 5) is 33.8. The molecule has 250 valence electrons. The van der Waals surface area contributed by atoms with Gasteiger partial charge in [-0.05, 0) is 57.7 Å². The second kappa shape index (κ2) is 11.8. The summed E-state index contributed by atoms with van der Waals surface area (Å²) in [7, 11) is 0. The number of pyridine rings is 1. The van der Waals surface area contributed by atoms with Gasteiger partial charge in [-0.2, -0.15) is 5.26 Å². The molecule has 1 N–H and O–H groups in total. The lowest BCUT2D eigenvalue weighted by Crippen LogP contribution is -2.54. The lowest BCUT2D eigenvalue weighted by atomic mass is 9.94. The number of nitrogens with zero attached hydrogens (tertiary/aromatic N) is 7. The summed E-state index contributed by atoms with van der Waals surface area (Å²) >= 11 is 0.875. The van der Waals surface area contributed by atoms with E-state index in [1.165, 1.54) is 19.4 Å². The van der Waals surface area contributed by atoms with E-state index in [2.05, 4.69) is 31.1 Å². The summed E-state index contributed by atoms with van der Waals surface area (Å²) < 4.78 is 43.4. The van der Waals surface area contributed by atoms with Gasteiger partial charge in [0.2, 0.25) is 5.95 Å². The number of rotatable bonds is 4. The fourth-order valence-corrected chi connectivity index (χ4v) is 8.76. The van der Waals surface area contributed by atoms with Gasteiger partial charge in [-0.25, -0.2) is 23.5 Å². The highest BCUT2D eigenvalue weighted by Crippen LogP contribution is 2.46. The summed E-state index contributed by atoms with van der Waals surface area (Å²) in [5, 5.41) is 13.6. The van der Waals surface area contributed by atoms with Gasteiger partial charge in [0.1, 0.15) is 22.2 Å². The molecule has 3 saturated heterocycles. The molecule has 4 aliphatic rings. The van der Waals surface area contributed by atoms with E-state index >= 15 is 8.78 Å². The molecule has 11 nitrogen and oxygen atoms in total. The molecule has 0 aliphatic carbocycles. The Morgan fingerprint density at radius 1 is 1.06 bits per heavy atom. The second-order valence-corrected chi connectivity index (χ2v) is 15.0. The Morgan fingerprint density at radius 2 is 1.85 bits per heavy atom. The van der Waals surface area contributed by atoms with Crippen LogP contribution in [0.2, 0.25) is 0 Å². The van der Waals surface area contributed by atoms with Crippen molar-refractivity contribution in [3.63, 3.8) is 0 Å². The van der Waals surface area contributed by atoms with Crippen molar-refractivity contribution >= 4 is 49.4 Å². The molecule has 48 heavy (non-hydrogen) atoms. The molecule has 0 spiro atoms. The van der Waals surface area contributed by atoms with Crippen LogP contribution in [0.1, 0.15) is 56.7 Å². The number of hydrogen-bond acceptors (Lipinski definition) is 11. The quantitative estimate of drug-likeness (QED) is 0.285. The fraction of sp³-hybridized carbons (Fsp3) is 0.500. The van der Waals surface area contributed by atoms with Gasteiger partial charge in [0.05, 0.1) is 35.4 Å². The van der Waals surface area contributed by atoms with Crippen molar-refractivity contribution in [1.82, 2.24) is 24.8 Å². The molecule has 4 aliphatic heterocycles. The Balaban J connectivity index is 1.18. The summed E-state index contributed by atoms with van der Waals surface area (Å²) in [5.74, 6) is -0.866. The molecule has 3 aromatic heterocycles. The predicted octanol–water partition coefficient (Wildman–Crippen LogP) is 5.79. The van der Waals surface area contributed by atoms with E-state index in [0.717, 1.165) is 62.2 Å². The van der Waals surface area contributed by atoms with Gasteiger partial charge in [-0.3, -0.25) is 20.1 Å². The lowest BCUT2D eigenvalue weighted by Gasteiger charge is -2.40. The summed E-state index contributed by atoms with van der Waals surface area (Å²) in [6, 6.07) is 3.11. The Labute approximate surface area is 280 Å². The van der Waals surface area contributed by atoms with Crippen LogP contribution in [-0.4, -0.2) is 87.8 Å². The number of nitriles is 1. The Hall–Kier alpha value is -4.03. The highest BCUT2D eigenvalue weighted by Gasteiger charge is 2.37. The minimum Gasteiger partial charge on any atom is -0.444 e. The first-order valence-electron chi connectivity index (χ1n) is 16.4. The number of nitrogens with one attached hydrogen (secondary N) is 1. The molecule has 0 bridgehead atoms. The molecule has 0 radical (unpaired) electrons. The highest BCUT2D eigenvalue weighted by molar-refractivity contribution is 7.23. The number of amides is 1. The van der Waals surface area contributed by atoms with Crippen LogP contribution in [0.5, 0.6) is 0 Å². The first kappa shape index (κ1) is 31.3. The van der Waals surface area contributed by atoms with Gasteiger partial charge in [-0.1, -0.05) is 0 Å². The van der Waals surface area contributed by atoms with Crippen LogP contribution in [0.4, 0.5) is 24.5 Å². The average molecular weight is 675 g/mol. The molecule has 4 aromatic rings. The maximum absolute atomic E-state index is 17.0. The molecule has 0 unspecified atom stereocenters. The zero-order valence-electron chi connectivity index (χ0n) is 27.1. The van der Waals surface area contributed by atoms with Crippen molar-refractivity contribution in [1.29, 1.82) is 5.26 Å². The molecule has 2 atom stereocenters. The van der Waals surface area contributed by atoms with Crippen molar-refractivity contribution < 1.29 is 23.0 Å². The summed E-state index contributed by atoms with van der Waals surface area (Å²) in [6.07, 6.45) is 5.42. The number of benzene rings is 1. The number of hydrogen-bond donors (Lipinski definition) is 1. The first-order chi connectivity index (χ1) is 23.1. The molecule has 7 heterocycles. The van der Waals surface area contributed by atoms with Crippen molar-refractivity contribution in [2.45, 2.75) is 70.9 Å². The van der Waals surface area contributed by atoms with Gasteiger partial charge < -0.3 is 14.4 Å². The van der Waals surface area contributed by atoms with Gasteiger partial charge in [0, 0.05) is 67.3 Å². The normalized spacial score (nSPS) is 21.5. The molecule has 0 saturated carbocycles. The second-order valence-electron chi connectivity index (χ2n) is 14.0. The predicted molar refractivity (Wildman–Crippen MR) is 178 cm³/mol. The topological polar surface area (TPSA) is 120 Å². The van der Waals surface area contributed by atoms with E-state index in [0.29, 0.717) is 29.0 Å². The van der Waals surface area contributed by atoms with Gasteiger partial charge >= 0.3 is 6.09 Å². The number of ether oxygens (including phenoxy) is 2. The third-order valence-electron chi connectivity index (χ3n) is 9.90. The van der Waals surface area contributed by atoms with E-state index in [9.17, 15) is 10.1 Å². The zero-order valence-corrected chi connectivity index (χ0v) is 27.9. The van der Waals surface area contributed by atoms with Crippen molar-refractivity contribution in [2.24, 2.45) is 0 Å². The van der Waals surface area contributed by atoms with Crippen molar-refractivity contribution in [3.05, 3.63) is 40.7 Å². The largest absolute Gasteiger partial charge is 0.444 e. The molecule has 14 heteroatoms. The van der Waals surface area contributed by atoms with Crippen molar-refractivity contribution in [3.8, 4) is 17.3 Å². The summed E-state index contributed by atoms with van der Waals surface area (Å²) in [5.41, 5.74) is 0.800. The average Bonchev–Trinajstić information content (AvgIpc) is 3.87. The van der Waals surface area contributed by atoms with E-state index < -0.39 is 23.3 Å². The number of halogens is 2. The van der Waals surface area contributed by atoms with Gasteiger partial charge in [0.25, 0.3) is 0 Å². The Kier molecular flexibility index (Phi) is 7.71. The zero-order chi connectivity index (χ0) is 33.3.